The molecule has 1 heterocycles. The number of halogens is 1. The van der Waals surface area contributed by atoms with Crippen molar-refractivity contribution in [1.29, 1.82) is 0 Å². The zero-order valence-electron chi connectivity index (χ0n) is 13.6. The summed E-state index contributed by atoms with van der Waals surface area (Å²) in [5, 5.41) is 11.7. The number of nitro groups is 1. The first-order valence-corrected chi connectivity index (χ1v) is 9.63. The SMILES string of the molecule is O=[N+]([O-])c1cc(S(=O)(=O)Nc2ccccc2Cl)ccc1N1CCOCC1. The molecule has 0 atom stereocenters. The normalized spacial score (nSPS) is 14.9. The number of nitro benzene ring substituents is 1. The molecule has 10 heteroatoms. The van der Waals surface area contributed by atoms with E-state index >= 15 is 0 Å². The maximum Gasteiger partial charge on any atom is 0.293 e. The van der Waals surface area contributed by atoms with E-state index in [0.717, 1.165) is 6.07 Å². The fraction of sp³-hybridized carbons (Fsp3) is 0.250. The van der Waals surface area contributed by atoms with E-state index in [1.54, 1.807) is 23.1 Å². The molecule has 1 N–H and O–H groups in total. The second kappa shape index (κ2) is 7.48. The Balaban J connectivity index is 1.96. The van der Waals surface area contributed by atoms with Gasteiger partial charge in [0.1, 0.15) is 5.69 Å². The van der Waals surface area contributed by atoms with Gasteiger partial charge in [0, 0.05) is 19.2 Å². The molecular weight excluding hydrogens is 382 g/mol. The first kappa shape index (κ1) is 18.4. The molecule has 0 aromatic heterocycles. The van der Waals surface area contributed by atoms with Gasteiger partial charge in [0.05, 0.1) is 33.7 Å². The Morgan fingerprint density at radius 3 is 2.50 bits per heavy atom. The van der Waals surface area contributed by atoms with Gasteiger partial charge in [-0.15, -0.1) is 0 Å². The molecule has 0 unspecified atom stereocenters. The van der Waals surface area contributed by atoms with Crippen molar-refractivity contribution in [2.75, 3.05) is 35.9 Å². The van der Waals surface area contributed by atoms with Gasteiger partial charge in [0.2, 0.25) is 0 Å². The third-order valence-corrected chi connectivity index (χ3v) is 5.62. The van der Waals surface area contributed by atoms with Crippen molar-refractivity contribution in [2.24, 2.45) is 0 Å². The number of para-hydroxylation sites is 1. The summed E-state index contributed by atoms with van der Waals surface area (Å²) in [7, 11) is -4.02. The molecule has 1 aliphatic rings. The van der Waals surface area contributed by atoms with Crippen molar-refractivity contribution in [3.05, 3.63) is 57.6 Å². The minimum absolute atomic E-state index is 0.203. The molecule has 8 nitrogen and oxygen atoms in total. The minimum atomic E-state index is -4.02. The Hall–Kier alpha value is -2.36. The smallest absolute Gasteiger partial charge is 0.293 e. The van der Waals surface area contributed by atoms with Gasteiger partial charge >= 0.3 is 0 Å². The van der Waals surface area contributed by atoms with Crippen molar-refractivity contribution < 1.29 is 18.1 Å². The van der Waals surface area contributed by atoms with Crippen LogP contribution in [0.3, 0.4) is 0 Å². The molecule has 1 aliphatic heterocycles. The van der Waals surface area contributed by atoms with Crippen LogP contribution < -0.4 is 9.62 Å². The molecule has 0 spiro atoms. The number of hydrogen-bond donors (Lipinski definition) is 1. The van der Waals surface area contributed by atoms with Gasteiger partial charge in [0.25, 0.3) is 15.7 Å². The lowest BCUT2D eigenvalue weighted by Crippen LogP contribution is -2.36. The number of benzene rings is 2. The Morgan fingerprint density at radius 1 is 1.15 bits per heavy atom. The van der Waals surface area contributed by atoms with Crippen LogP contribution in [0.25, 0.3) is 0 Å². The average molecular weight is 398 g/mol. The van der Waals surface area contributed by atoms with Gasteiger partial charge < -0.3 is 9.64 Å². The minimum Gasteiger partial charge on any atom is -0.378 e. The fourth-order valence-corrected chi connectivity index (χ4v) is 3.97. The van der Waals surface area contributed by atoms with E-state index in [-0.39, 0.29) is 21.3 Å². The summed E-state index contributed by atoms with van der Waals surface area (Å²) in [4.78, 5) is 12.5. The van der Waals surface area contributed by atoms with Crippen LogP contribution in [0, 0.1) is 10.1 Å². The first-order chi connectivity index (χ1) is 12.4. The lowest BCUT2D eigenvalue weighted by atomic mass is 10.2. The lowest BCUT2D eigenvalue weighted by molar-refractivity contribution is -0.384. The summed E-state index contributed by atoms with van der Waals surface area (Å²) < 4.78 is 32.8. The number of morpholine rings is 1. The standard InChI is InChI=1S/C16H16ClN3O5S/c17-13-3-1-2-4-14(13)18-26(23,24)12-5-6-15(16(11-12)20(21)22)19-7-9-25-10-8-19/h1-6,11,18H,7-10H2. The highest BCUT2D eigenvalue weighted by Gasteiger charge is 2.25. The predicted octanol–water partition coefficient (Wildman–Crippen LogP) is 2.89. The molecule has 0 saturated carbocycles. The third kappa shape index (κ3) is 3.90. The predicted molar refractivity (Wildman–Crippen MR) is 98.4 cm³/mol. The van der Waals surface area contributed by atoms with Crippen LogP contribution >= 0.6 is 11.6 Å². The molecule has 1 saturated heterocycles. The number of nitrogens with one attached hydrogen (secondary N) is 1. The number of anilines is 2. The van der Waals surface area contributed by atoms with E-state index in [1.807, 2.05) is 0 Å². The van der Waals surface area contributed by atoms with Gasteiger partial charge in [0.15, 0.2) is 0 Å². The van der Waals surface area contributed by atoms with Gasteiger partial charge in [-0.05, 0) is 24.3 Å². The molecule has 26 heavy (non-hydrogen) atoms. The number of nitrogens with zero attached hydrogens (tertiary/aromatic N) is 2. The van der Waals surface area contributed by atoms with Crippen molar-refractivity contribution in [2.45, 2.75) is 4.90 Å². The molecule has 0 radical (unpaired) electrons. The number of sulfonamides is 1. The van der Waals surface area contributed by atoms with E-state index in [2.05, 4.69) is 4.72 Å². The summed E-state index contributed by atoms with van der Waals surface area (Å²) >= 11 is 5.97. The van der Waals surface area contributed by atoms with Gasteiger partial charge in [-0.3, -0.25) is 14.8 Å². The molecule has 1 fully saturated rings. The average Bonchev–Trinajstić information content (AvgIpc) is 2.63. The largest absolute Gasteiger partial charge is 0.378 e. The van der Waals surface area contributed by atoms with Gasteiger partial charge in [-0.2, -0.15) is 0 Å². The van der Waals surface area contributed by atoms with Crippen LogP contribution in [0.2, 0.25) is 5.02 Å². The van der Waals surface area contributed by atoms with E-state index in [1.165, 1.54) is 18.2 Å². The Morgan fingerprint density at radius 2 is 1.85 bits per heavy atom. The molecule has 0 aliphatic carbocycles. The summed E-state index contributed by atoms with van der Waals surface area (Å²) in [6, 6.07) is 10.2. The van der Waals surface area contributed by atoms with Crippen LogP contribution in [-0.2, 0) is 14.8 Å². The van der Waals surface area contributed by atoms with Crippen LogP contribution in [0.4, 0.5) is 17.1 Å². The summed E-state index contributed by atoms with van der Waals surface area (Å²) in [5.41, 5.74) is 0.304. The highest BCUT2D eigenvalue weighted by atomic mass is 35.5. The van der Waals surface area contributed by atoms with Crippen molar-refractivity contribution >= 4 is 38.7 Å². The summed E-state index contributed by atoms with van der Waals surface area (Å²) in [5.74, 6) is 0. The molecule has 2 aromatic rings. The lowest BCUT2D eigenvalue weighted by Gasteiger charge is -2.28. The highest BCUT2D eigenvalue weighted by molar-refractivity contribution is 7.92. The van der Waals surface area contributed by atoms with E-state index in [0.29, 0.717) is 32.0 Å². The van der Waals surface area contributed by atoms with E-state index in [4.69, 9.17) is 16.3 Å². The van der Waals surface area contributed by atoms with Gasteiger partial charge in [-0.25, -0.2) is 8.42 Å². The number of ether oxygens (including phenoxy) is 1. The molecule has 0 bridgehead atoms. The zero-order chi connectivity index (χ0) is 18.7. The van der Waals surface area contributed by atoms with Crippen molar-refractivity contribution in [3.63, 3.8) is 0 Å². The first-order valence-electron chi connectivity index (χ1n) is 7.77. The Kier molecular flexibility index (Phi) is 5.30. The summed E-state index contributed by atoms with van der Waals surface area (Å²) in [6.45, 7) is 1.94. The van der Waals surface area contributed by atoms with Crippen LogP contribution in [0.1, 0.15) is 0 Å². The number of rotatable bonds is 5. The maximum absolute atomic E-state index is 12.6. The van der Waals surface area contributed by atoms with Crippen LogP contribution in [0.5, 0.6) is 0 Å². The molecule has 0 amide bonds. The van der Waals surface area contributed by atoms with Crippen LogP contribution in [0.15, 0.2) is 47.4 Å². The van der Waals surface area contributed by atoms with E-state index < -0.39 is 14.9 Å². The van der Waals surface area contributed by atoms with E-state index in [9.17, 15) is 18.5 Å². The Labute approximate surface area is 155 Å². The number of hydrogen-bond acceptors (Lipinski definition) is 6. The van der Waals surface area contributed by atoms with Crippen molar-refractivity contribution in [1.82, 2.24) is 0 Å². The molecule has 138 valence electrons. The summed E-state index contributed by atoms with van der Waals surface area (Å²) in [6.07, 6.45) is 0. The Bertz CT molecular complexity index is 929. The highest BCUT2D eigenvalue weighted by Crippen LogP contribution is 2.32. The zero-order valence-corrected chi connectivity index (χ0v) is 15.2. The van der Waals surface area contributed by atoms with Crippen LogP contribution in [-0.4, -0.2) is 39.6 Å². The maximum atomic E-state index is 12.6. The molecule has 3 rings (SSSR count). The molecular formula is C16H16ClN3O5S. The second-order valence-electron chi connectivity index (χ2n) is 5.59. The monoisotopic (exact) mass is 397 g/mol. The van der Waals surface area contributed by atoms with Gasteiger partial charge in [-0.1, -0.05) is 23.7 Å². The van der Waals surface area contributed by atoms with Crippen molar-refractivity contribution in [3.8, 4) is 0 Å². The third-order valence-electron chi connectivity index (χ3n) is 3.92. The topological polar surface area (TPSA) is 102 Å². The quantitative estimate of drug-likeness (QED) is 0.614. The molecule has 2 aromatic carbocycles. The fourth-order valence-electron chi connectivity index (χ4n) is 2.64. The second-order valence-corrected chi connectivity index (χ2v) is 7.68.